The van der Waals surface area contributed by atoms with Gasteiger partial charge in [0.2, 0.25) is 0 Å². The molecular weight excluding hydrogens is 255 g/mol. The van der Waals surface area contributed by atoms with Crippen LogP contribution in [0.2, 0.25) is 5.02 Å². The molecule has 0 fully saturated rings. The van der Waals surface area contributed by atoms with Crippen LogP contribution in [0.25, 0.3) is 0 Å². The topological polar surface area (TPSA) is 29.1 Å². The summed E-state index contributed by atoms with van der Waals surface area (Å²) in [5, 5.41) is 2.38. The number of carbonyl (C=O) groups excluding carboxylic acids is 1. The zero-order chi connectivity index (χ0) is 13.1. The minimum Gasteiger partial charge on any atom is -0.377 e. The van der Waals surface area contributed by atoms with Gasteiger partial charge in [-0.15, -0.1) is 0 Å². The SMILES string of the molecule is CC(F)(F)CNc1ccc(Cl)c(CC=O)c1F. The van der Waals surface area contributed by atoms with Gasteiger partial charge in [-0.05, 0) is 12.1 Å². The Kier molecular flexibility index (Phi) is 4.40. The van der Waals surface area contributed by atoms with Crippen LogP contribution in [0, 0.1) is 5.82 Å². The largest absolute Gasteiger partial charge is 0.377 e. The van der Waals surface area contributed by atoms with E-state index >= 15 is 0 Å². The molecule has 0 saturated carbocycles. The summed E-state index contributed by atoms with van der Waals surface area (Å²) in [6.45, 7) is 0.0340. The van der Waals surface area contributed by atoms with Crippen LogP contribution in [-0.2, 0) is 11.2 Å². The Morgan fingerprint density at radius 1 is 1.47 bits per heavy atom. The predicted molar refractivity (Wildman–Crippen MR) is 60.3 cm³/mol. The van der Waals surface area contributed by atoms with Gasteiger partial charge in [0, 0.05) is 23.9 Å². The van der Waals surface area contributed by atoms with Gasteiger partial charge in [-0.3, -0.25) is 0 Å². The summed E-state index contributed by atoms with van der Waals surface area (Å²) < 4.78 is 38.9. The number of hydrogen-bond acceptors (Lipinski definition) is 2. The summed E-state index contributed by atoms with van der Waals surface area (Å²) in [6, 6.07) is 2.62. The van der Waals surface area contributed by atoms with E-state index in [-0.39, 0.29) is 22.7 Å². The minimum atomic E-state index is -2.95. The Hall–Kier alpha value is -1.23. The zero-order valence-corrected chi connectivity index (χ0v) is 9.82. The molecule has 0 aliphatic carbocycles. The van der Waals surface area contributed by atoms with Crippen molar-refractivity contribution in [2.75, 3.05) is 11.9 Å². The van der Waals surface area contributed by atoms with Crippen LogP contribution in [-0.4, -0.2) is 18.8 Å². The molecule has 0 aliphatic heterocycles. The monoisotopic (exact) mass is 265 g/mol. The first-order chi connectivity index (χ1) is 7.85. The molecule has 2 nitrogen and oxygen atoms in total. The van der Waals surface area contributed by atoms with Gasteiger partial charge in [0.15, 0.2) is 5.82 Å². The second-order valence-corrected chi connectivity index (χ2v) is 4.09. The molecule has 0 spiro atoms. The second-order valence-electron chi connectivity index (χ2n) is 3.68. The fourth-order valence-corrected chi connectivity index (χ4v) is 1.48. The van der Waals surface area contributed by atoms with Crippen molar-refractivity contribution in [2.45, 2.75) is 19.3 Å². The van der Waals surface area contributed by atoms with E-state index in [0.29, 0.717) is 6.29 Å². The highest BCUT2D eigenvalue weighted by atomic mass is 35.5. The molecule has 17 heavy (non-hydrogen) atoms. The van der Waals surface area contributed by atoms with Gasteiger partial charge >= 0.3 is 0 Å². The number of alkyl halides is 2. The highest BCUT2D eigenvalue weighted by Crippen LogP contribution is 2.26. The Morgan fingerprint density at radius 2 is 2.12 bits per heavy atom. The number of aldehydes is 1. The molecule has 0 radical (unpaired) electrons. The van der Waals surface area contributed by atoms with E-state index in [2.05, 4.69) is 5.32 Å². The summed E-state index contributed by atoms with van der Waals surface area (Å²) in [4.78, 5) is 10.3. The van der Waals surface area contributed by atoms with E-state index in [9.17, 15) is 18.0 Å². The Bertz CT molecular complexity index is 418. The molecule has 0 unspecified atom stereocenters. The first-order valence-electron chi connectivity index (χ1n) is 4.87. The molecule has 94 valence electrons. The minimum absolute atomic E-state index is 0.00564. The van der Waals surface area contributed by atoms with E-state index in [4.69, 9.17) is 11.6 Å². The van der Waals surface area contributed by atoms with Crippen molar-refractivity contribution in [1.29, 1.82) is 0 Å². The van der Waals surface area contributed by atoms with Crippen molar-refractivity contribution in [1.82, 2.24) is 0 Å². The maximum absolute atomic E-state index is 13.7. The van der Waals surface area contributed by atoms with Gasteiger partial charge in [-0.1, -0.05) is 11.6 Å². The normalized spacial score (nSPS) is 11.4. The van der Waals surface area contributed by atoms with E-state index in [1.54, 1.807) is 0 Å². The molecule has 0 bridgehead atoms. The van der Waals surface area contributed by atoms with Gasteiger partial charge in [-0.2, -0.15) is 0 Å². The lowest BCUT2D eigenvalue weighted by Gasteiger charge is -2.14. The average molecular weight is 266 g/mol. The van der Waals surface area contributed by atoms with Crippen LogP contribution in [0.3, 0.4) is 0 Å². The highest BCUT2D eigenvalue weighted by molar-refractivity contribution is 6.31. The maximum atomic E-state index is 13.7. The number of carbonyl (C=O) groups is 1. The molecule has 1 rings (SSSR count). The molecule has 1 aromatic carbocycles. The van der Waals surface area contributed by atoms with Crippen LogP contribution >= 0.6 is 11.6 Å². The van der Waals surface area contributed by atoms with Crippen LogP contribution in [0.4, 0.5) is 18.9 Å². The van der Waals surface area contributed by atoms with Crippen molar-refractivity contribution < 1.29 is 18.0 Å². The van der Waals surface area contributed by atoms with Crippen molar-refractivity contribution in [3.8, 4) is 0 Å². The molecule has 1 aromatic rings. The summed E-state index contributed by atoms with van der Waals surface area (Å²) in [5.41, 5.74) is -0.0844. The molecule has 0 aromatic heterocycles. The van der Waals surface area contributed by atoms with Crippen molar-refractivity contribution in [2.24, 2.45) is 0 Å². The van der Waals surface area contributed by atoms with Gasteiger partial charge in [0.1, 0.15) is 6.29 Å². The third-order valence-electron chi connectivity index (χ3n) is 2.06. The van der Waals surface area contributed by atoms with Gasteiger partial charge < -0.3 is 10.1 Å². The predicted octanol–water partition coefficient (Wildman–Crippen LogP) is 3.29. The summed E-state index contributed by atoms with van der Waals surface area (Å²) in [5.74, 6) is -3.72. The Balaban J connectivity index is 2.94. The molecule has 0 heterocycles. The number of benzene rings is 1. The summed E-state index contributed by atoms with van der Waals surface area (Å²) in [7, 11) is 0. The van der Waals surface area contributed by atoms with E-state index in [0.717, 1.165) is 6.92 Å². The van der Waals surface area contributed by atoms with Crippen LogP contribution in [0.1, 0.15) is 12.5 Å². The first kappa shape index (κ1) is 13.8. The fraction of sp³-hybridized carbons (Fsp3) is 0.364. The third-order valence-corrected chi connectivity index (χ3v) is 2.42. The summed E-state index contributed by atoms with van der Waals surface area (Å²) in [6.07, 6.45) is 0.311. The molecule has 1 N–H and O–H groups in total. The molecule has 0 aliphatic rings. The number of nitrogens with one attached hydrogen (secondary N) is 1. The van der Waals surface area contributed by atoms with Crippen LogP contribution in [0.15, 0.2) is 12.1 Å². The van der Waals surface area contributed by atoms with Crippen molar-refractivity contribution in [3.63, 3.8) is 0 Å². The number of anilines is 1. The number of rotatable bonds is 5. The lowest BCUT2D eigenvalue weighted by atomic mass is 10.1. The quantitative estimate of drug-likeness (QED) is 0.828. The number of halogens is 4. The smallest absolute Gasteiger partial charge is 0.262 e. The molecule has 0 amide bonds. The molecule has 6 heteroatoms. The highest BCUT2D eigenvalue weighted by Gasteiger charge is 2.21. The Morgan fingerprint density at radius 3 is 2.65 bits per heavy atom. The van der Waals surface area contributed by atoms with E-state index < -0.39 is 18.3 Å². The van der Waals surface area contributed by atoms with E-state index in [1.807, 2.05) is 0 Å². The van der Waals surface area contributed by atoms with Gasteiger partial charge in [0.05, 0.1) is 12.2 Å². The third kappa shape index (κ3) is 3.93. The summed E-state index contributed by atoms with van der Waals surface area (Å²) >= 11 is 5.70. The molecule has 0 saturated heterocycles. The zero-order valence-electron chi connectivity index (χ0n) is 9.07. The van der Waals surface area contributed by atoms with Crippen LogP contribution < -0.4 is 5.32 Å². The Labute approximate surface area is 102 Å². The van der Waals surface area contributed by atoms with E-state index in [1.165, 1.54) is 12.1 Å². The molecule has 0 atom stereocenters. The van der Waals surface area contributed by atoms with Gasteiger partial charge in [0.25, 0.3) is 5.92 Å². The lowest BCUT2D eigenvalue weighted by Crippen LogP contribution is -2.23. The van der Waals surface area contributed by atoms with Crippen molar-refractivity contribution in [3.05, 3.63) is 28.5 Å². The van der Waals surface area contributed by atoms with Crippen LogP contribution in [0.5, 0.6) is 0 Å². The fourth-order valence-electron chi connectivity index (χ4n) is 1.26. The van der Waals surface area contributed by atoms with Gasteiger partial charge in [-0.25, -0.2) is 13.2 Å². The van der Waals surface area contributed by atoms with Crippen molar-refractivity contribution >= 4 is 23.6 Å². The number of hydrogen-bond donors (Lipinski definition) is 1. The molecular formula is C11H11ClF3NO. The first-order valence-corrected chi connectivity index (χ1v) is 5.25. The lowest BCUT2D eigenvalue weighted by molar-refractivity contribution is -0.107. The second kappa shape index (κ2) is 5.40. The average Bonchev–Trinajstić information content (AvgIpc) is 2.22. The standard InChI is InChI=1S/C11H11ClF3NO/c1-11(14,15)6-16-9-3-2-8(12)7(4-5-17)10(9)13/h2-3,5,16H,4,6H2,1H3. The maximum Gasteiger partial charge on any atom is 0.262 e.